The predicted molar refractivity (Wildman–Crippen MR) is 334 cm³/mol. The van der Waals surface area contributed by atoms with Crippen LogP contribution in [0.15, 0.2) is 0 Å². The van der Waals surface area contributed by atoms with E-state index < -0.39 is 0 Å². The van der Waals surface area contributed by atoms with E-state index in [2.05, 4.69) is 41.5 Å². The largest absolute Gasteiger partial charge is 0.0654 e. The van der Waals surface area contributed by atoms with E-state index in [9.17, 15) is 0 Å². The minimum atomic E-state index is 0.584. The van der Waals surface area contributed by atoms with Crippen LogP contribution in [-0.4, -0.2) is 0 Å². The smallest absolute Gasteiger partial charge is 0.0241 e. The Balaban J connectivity index is 6.65. The third kappa shape index (κ3) is 48.4. The molecule has 0 aliphatic carbocycles. The molecule has 0 aromatic heterocycles. The Morgan fingerprint density at radius 1 is 0.153 bits per heavy atom. The van der Waals surface area contributed by atoms with Crippen molar-refractivity contribution < 1.29 is 0 Å². The summed E-state index contributed by atoms with van der Waals surface area (Å²) in [5.41, 5.74) is 0.584. The van der Waals surface area contributed by atoms with Crippen molar-refractivity contribution in [2.24, 2.45) is 17.3 Å². The summed E-state index contributed by atoms with van der Waals surface area (Å²) in [6.45, 7) is 14.2. The highest BCUT2D eigenvalue weighted by Gasteiger charge is 2.43. The van der Waals surface area contributed by atoms with Crippen molar-refractivity contribution in [1.82, 2.24) is 0 Å². The molecule has 0 heteroatoms. The average Bonchev–Trinajstić information content (AvgIpc) is 3.39. The molecule has 0 saturated carbocycles. The second-order valence-corrected chi connectivity index (χ2v) is 25.3. The number of rotatable bonds is 65. The summed E-state index contributed by atoms with van der Waals surface area (Å²) in [5.74, 6) is 1.94. The molecule has 0 saturated heterocycles. The van der Waals surface area contributed by atoms with E-state index in [1.807, 2.05) is 0 Å². The fraction of sp³-hybridized carbons (Fsp3) is 1.00. The molecule has 0 amide bonds. The molecule has 0 bridgehead atoms. The molecule has 0 N–H and O–H groups in total. The lowest BCUT2D eigenvalue weighted by Crippen LogP contribution is -2.39. The summed E-state index contributed by atoms with van der Waals surface area (Å²) in [7, 11) is 0. The van der Waals surface area contributed by atoms with Gasteiger partial charge in [0.25, 0.3) is 0 Å². The van der Waals surface area contributed by atoms with E-state index in [1.165, 1.54) is 366 Å². The van der Waals surface area contributed by atoms with Gasteiger partial charge in [-0.1, -0.05) is 408 Å². The molecule has 0 rings (SSSR count). The summed E-state index contributed by atoms with van der Waals surface area (Å²) in [4.78, 5) is 0. The molecule has 0 fully saturated rings. The van der Waals surface area contributed by atoms with E-state index in [1.54, 1.807) is 38.5 Å². The van der Waals surface area contributed by atoms with E-state index in [0.29, 0.717) is 5.41 Å². The van der Waals surface area contributed by atoms with Crippen molar-refractivity contribution in [1.29, 1.82) is 0 Å². The van der Waals surface area contributed by atoms with Crippen molar-refractivity contribution in [2.45, 2.75) is 446 Å². The van der Waals surface area contributed by atoms with Crippen LogP contribution >= 0.6 is 0 Å². The molecule has 72 heavy (non-hydrogen) atoms. The molecule has 0 aromatic rings. The topological polar surface area (TPSA) is 0 Å². The molecular formula is C72H146. The van der Waals surface area contributed by atoms with Gasteiger partial charge >= 0.3 is 0 Å². The van der Waals surface area contributed by atoms with Crippen LogP contribution in [0, 0.1) is 17.3 Å². The Kier molecular flexibility index (Phi) is 61.8. The molecule has 0 spiro atoms. The van der Waals surface area contributed by atoms with Crippen molar-refractivity contribution in [3.63, 3.8) is 0 Å². The first kappa shape index (κ1) is 72.0. The molecular weight excluding hydrogens is 865 g/mol. The van der Waals surface area contributed by atoms with Gasteiger partial charge in [-0.05, 0) is 55.8 Å². The van der Waals surface area contributed by atoms with Gasteiger partial charge in [-0.3, -0.25) is 0 Å². The molecule has 1 unspecified atom stereocenters. The Hall–Kier alpha value is 0. The summed E-state index contributed by atoms with van der Waals surface area (Å²) >= 11 is 0. The zero-order valence-electron chi connectivity index (χ0n) is 52.2. The number of hydrogen-bond donors (Lipinski definition) is 0. The highest BCUT2D eigenvalue weighted by molar-refractivity contribution is 4.93. The summed E-state index contributed by atoms with van der Waals surface area (Å²) in [6, 6.07) is 0. The maximum Gasteiger partial charge on any atom is -0.0241 e. The quantitative estimate of drug-likeness (QED) is 0.0533. The highest BCUT2D eigenvalue weighted by atomic mass is 14.5. The van der Waals surface area contributed by atoms with Gasteiger partial charge in [0.05, 0.1) is 0 Å². The van der Waals surface area contributed by atoms with Crippen LogP contribution in [0.1, 0.15) is 446 Å². The van der Waals surface area contributed by atoms with Gasteiger partial charge in [0.1, 0.15) is 0 Å². The van der Waals surface area contributed by atoms with Crippen molar-refractivity contribution in [3.05, 3.63) is 0 Å². The first-order chi connectivity index (χ1) is 35.7. The molecule has 0 aliphatic heterocycles. The fourth-order valence-corrected chi connectivity index (χ4v) is 13.6. The number of hydrogen-bond acceptors (Lipinski definition) is 0. The third-order valence-corrected chi connectivity index (χ3v) is 18.5. The first-order valence-corrected chi connectivity index (χ1v) is 35.7. The van der Waals surface area contributed by atoms with E-state index in [0.717, 1.165) is 11.8 Å². The highest BCUT2D eigenvalue weighted by Crippen LogP contribution is 2.53. The molecule has 0 radical (unpaired) electrons. The molecule has 0 nitrogen and oxygen atoms in total. The van der Waals surface area contributed by atoms with Crippen LogP contribution in [0.5, 0.6) is 0 Å². The van der Waals surface area contributed by atoms with Gasteiger partial charge in [0.2, 0.25) is 0 Å². The molecule has 0 heterocycles. The Morgan fingerprint density at radius 2 is 0.278 bits per heavy atom. The average molecular weight is 1010 g/mol. The Bertz CT molecular complexity index is 884. The van der Waals surface area contributed by atoms with Crippen molar-refractivity contribution in [2.75, 3.05) is 0 Å². The van der Waals surface area contributed by atoms with E-state index in [4.69, 9.17) is 0 Å². The normalized spacial score (nSPS) is 12.5. The standard InChI is InChI=1S/C72H146/c1-7-13-19-25-31-36-41-47-53-59-65-70(64-58-52-46-30-24-18-12-6)72(68-62-56-50-44-39-34-28-22-16-10-4,69-63-57-51-45-40-35-29-23-17-11-5)71(66-60-54-48-42-37-32-26-20-14-8-2)67-61-55-49-43-38-33-27-21-15-9-3/h70-71H,7-69H2,1-6H3. The molecule has 1 atom stereocenters. The first-order valence-electron chi connectivity index (χ1n) is 35.7. The van der Waals surface area contributed by atoms with Crippen LogP contribution < -0.4 is 0 Å². The Morgan fingerprint density at radius 3 is 0.431 bits per heavy atom. The summed E-state index contributed by atoms with van der Waals surface area (Å²) in [5, 5.41) is 0. The monoisotopic (exact) mass is 1010 g/mol. The zero-order valence-corrected chi connectivity index (χ0v) is 52.2. The maximum absolute atomic E-state index is 2.39. The van der Waals surface area contributed by atoms with Crippen LogP contribution in [0.2, 0.25) is 0 Å². The van der Waals surface area contributed by atoms with Crippen LogP contribution in [-0.2, 0) is 0 Å². The van der Waals surface area contributed by atoms with Gasteiger partial charge < -0.3 is 0 Å². The van der Waals surface area contributed by atoms with Crippen LogP contribution in [0.4, 0.5) is 0 Å². The van der Waals surface area contributed by atoms with Crippen molar-refractivity contribution >= 4 is 0 Å². The van der Waals surface area contributed by atoms with Gasteiger partial charge in [0, 0.05) is 0 Å². The molecule has 434 valence electrons. The second-order valence-electron chi connectivity index (χ2n) is 25.3. The van der Waals surface area contributed by atoms with Gasteiger partial charge in [0.15, 0.2) is 0 Å². The minimum Gasteiger partial charge on any atom is -0.0654 e. The minimum absolute atomic E-state index is 0.584. The third-order valence-electron chi connectivity index (χ3n) is 18.5. The maximum atomic E-state index is 2.39. The molecule has 0 aromatic carbocycles. The van der Waals surface area contributed by atoms with E-state index >= 15 is 0 Å². The number of unbranched alkanes of at least 4 members (excludes halogenated alkanes) is 51. The zero-order chi connectivity index (χ0) is 52.2. The van der Waals surface area contributed by atoms with Crippen LogP contribution in [0.25, 0.3) is 0 Å². The SMILES string of the molecule is CCCCCCCCCCCCC(CCCCCCCCC)C(CCCCCCCCCCCC)(CCCCCCCCCCCC)C(CCCCCCCCCCCC)CCCCCCCCCCCC. The van der Waals surface area contributed by atoms with Gasteiger partial charge in [-0.2, -0.15) is 0 Å². The van der Waals surface area contributed by atoms with Gasteiger partial charge in [-0.15, -0.1) is 0 Å². The lowest BCUT2D eigenvalue weighted by Gasteiger charge is -2.49. The van der Waals surface area contributed by atoms with Crippen LogP contribution in [0.3, 0.4) is 0 Å². The fourth-order valence-electron chi connectivity index (χ4n) is 13.6. The van der Waals surface area contributed by atoms with E-state index in [-0.39, 0.29) is 0 Å². The summed E-state index contributed by atoms with van der Waals surface area (Å²) in [6.07, 6.45) is 93.7. The molecule has 0 aliphatic rings. The predicted octanol–water partition coefficient (Wildman–Crippen LogP) is 27.9. The summed E-state index contributed by atoms with van der Waals surface area (Å²) < 4.78 is 0. The lowest BCUT2D eigenvalue weighted by atomic mass is 9.56. The second kappa shape index (κ2) is 61.8. The Labute approximate surface area is 461 Å². The van der Waals surface area contributed by atoms with Crippen molar-refractivity contribution in [3.8, 4) is 0 Å². The lowest BCUT2D eigenvalue weighted by molar-refractivity contribution is 0.0139. The van der Waals surface area contributed by atoms with Gasteiger partial charge in [-0.25, -0.2) is 0 Å².